The minimum atomic E-state index is -0.303. The van der Waals surface area contributed by atoms with E-state index in [9.17, 15) is 9.59 Å². The summed E-state index contributed by atoms with van der Waals surface area (Å²) in [6, 6.07) is 13.6. The Labute approximate surface area is 123 Å². The number of nitrogens with zero attached hydrogens (tertiary/aromatic N) is 1. The Morgan fingerprint density at radius 3 is 2.43 bits per heavy atom. The maximum absolute atomic E-state index is 12.2. The summed E-state index contributed by atoms with van der Waals surface area (Å²) in [5.74, 6) is -0.423. The molecule has 0 aliphatic rings. The highest BCUT2D eigenvalue weighted by Crippen LogP contribution is 2.16. The molecule has 0 aromatic heterocycles. The lowest BCUT2D eigenvalue weighted by Crippen LogP contribution is -2.22. The van der Waals surface area contributed by atoms with Gasteiger partial charge in [0.25, 0.3) is 11.8 Å². The number of carbonyl (C=O) groups is 2. The van der Waals surface area contributed by atoms with Gasteiger partial charge in [0.15, 0.2) is 0 Å². The summed E-state index contributed by atoms with van der Waals surface area (Å²) in [5, 5.41) is 2.74. The molecule has 2 aromatic carbocycles. The molecule has 0 saturated heterocycles. The fraction of sp³-hybridized carbons (Fsp3) is 0.125. The van der Waals surface area contributed by atoms with E-state index < -0.39 is 0 Å². The lowest BCUT2D eigenvalue weighted by Gasteiger charge is -2.12. The van der Waals surface area contributed by atoms with Crippen molar-refractivity contribution in [3.8, 4) is 0 Å². The first-order valence-electron chi connectivity index (χ1n) is 6.46. The number of carbonyl (C=O) groups excluding carboxylic acids is 2. The standard InChI is InChI=1S/C16H17N3O2/c1-19(2)16(21)11-6-5-7-12(10-11)18-15(20)13-8-3-4-9-14(13)17/h3-10H,17H2,1-2H3,(H,18,20). The van der Waals surface area contributed by atoms with E-state index in [2.05, 4.69) is 5.32 Å². The zero-order valence-corrected chi connectivity index (χ0v) is 12.0. The summed E-state index contributed by atoms with van der Waals surface area (Å²) in [6.07, 6.45) is 0. The summed E-state index contributed by atoms with van der Waals surface area (Å²) < 4.78 is 0. The van der Waals surface area contributed by atoms with Crippen LogP contribution in [0.3, 0.4) is 0 Å². The van der Waals surface area contributed by atoms with Crippen molar-refractivity contribution in [1.29, 1.82) is 0 Å². The molecule has 0 aliphatic heterocycles. The van der Waals surface area contributed by atoms with Crippen molar-refractivity contribution in [2.75, 3.05) is 25.1 Å². The number of nitrogens with two attached hydrogens (primary N) is 1. The molecule has 0 heterocycles. The van der Waals surface area contributed by atoms with Crippen LogP contribution in [0.2, 0.25) is 0 Å². The Bertz CT molecular complexity index is 681. The van der Waals surface area contributed by atoms with Crippen LogP contribution in [0.1, 0.15) is 20.7 Å². The molecule has 0 spiro atoms. The second-order valence-electron chi connectivity index (χ2n) is 4.82. The third-order valence-corrected chi connectivity index (χ3v) is 2.98. The number of rotatable bonds is 3. The van der Waals surface area contributed by atoms with Gasteiger partial charge in [0.05, 0.1) is 5.56 Å². The molecule has 2 rings (SSSR count). The summed E-state index contributed by atoms with van der Waals surface area (Å²) in [5.41, 5.74) is 7.65. The average Bonchev–Trinajstić information content (AvgIpc) is 2.47. The van der Waals surface area contributed by atoms with Gasteiger partial charge in [-0.1, -0.05) is 18.2 Å². The fourth-order valence-electron chi connectivity index (χ4n) is 1.89. The fourth-order valence-corrected chi connectivity index (χ4v) is 1.89. The van der Waals surface area contributed by atoms with Crippen molar-refractivity contribution in [2.24, 2.45) is 0 Å². The van der Waals surface area contributed by atoms with Crippen molar-refractivity contribution < 1.29 is 9.59 Å². The number of amides is 2. The van der Waals surface area contributed by atoms with Crippen LogP contribution in [0, 0.1) is 0 Å². The van der Waals surface area contributed by atoms with Gasteiger partial charge in [-0.05, 0) is 30.3 Å². The SMILES string of the molecule is CN(C)C(=O)c1cccc(NC(=O)c2ccccc2N)c1. The number of hydrogen-bond acceptors (Lipinski definition) is 3. The molecular formula is C16H17N3O2. The molecule has 0 bridgehead atoms. The predicted molar refractivity (Wildman–Crippen MR) is 83.3 cm³/mol. The van der Waals surface area contributed by atoms with E-state index in [1.165, 1.54) is 4.90 Å². The van der Waals surface area contributed by atoms with E-state index >= 15 is 0 Å². The second kappa shape index (κ2) is 6.09. The second-order valence-corrected chi connectivity index (χ2v) is 4.82. The molecule has 21 heavy (non-hydrogen) atoms. The topological polar surface area (TPSA) is 75.4 Å². The average molecular weight is 283 g/mol. The van der Waals surface area contributed by atoms with Gasteiger partial charge < -0.3 is 16.0 Å². The monoisotopic (exact) mass is 283 g/mol. The van der Waals surface area contributed by atoms with Gasteiger partial charge in [-0.25, -0.2) is 0 Å². The molecule has 108 valence electrons. The Kier molecular flexibility index (Phi) is 4.23. The van der Waals surface area contributed by atoms with Crippen molar-refractivity contribution in [3.05, 3.63) is 59.7 Å². The Morgan fingerprint density at radius 1 is 1.05 bits per heavy atom. The third-order valence-electron chi connectivity index (χ3n) is 2.98. The van der Waals surface area contributed by atoms with Crippen LogP contribution < -0.4 is 11.1 Å². The molecule has 2 amide bonds. The normalized spacial score (nSPS) is 10.0. The van der Waals surface area contributed by atoms with Crippen LogP contribution in [0.4, 0.5) is 11.4 Å². The molecule has 3 N–H and O–H groups in total. The number of nitrogens with one attached hydrogen (secondary N) is 1. The summed E-state index contributed by atoms with van der Waals surface area (Å²) in [6.45, 7) is 0. The van der Waals surface area contributed by atoms with Gasteiger partial charge in [-0.2, -0.15) is 0 Å². The number of anilines is 2. The minimum Gasteiger partial charge on any atom is -0.398 e. The maximum Gasteiger partial charge on any atom is 0.257 e. The molecule has 5 heteroatoms. The molecule has 0 radical (unpaired) electrons. The van der Waals surface area contributed by atoms with Gasteiger partial charge in [0.1, 0.15) is 0 Å². The number of benzene rings is 2. The molecule has 0 saturated carbocycles. The number of nitrogen functional groups attached to an aromatic ring is 1. The highest BCUT2D eigenvalue weighted by Gasteiger charge is 2.11. The molecular weight excluding hydrogens is 266 g/mol. The molecule has 0 aliphatic carbocycles. The summed E-state index contributed by atoms with van der Waals surface area (Å²) in [7, 11) is 3.36. The predicted octanol–water partition coefficient (Wildman–Crippen LogP) is 2.22. The van der Waals surface area contributed by atoms with E-state index in [1.807, 2.05) is 0 Å². The van der Waals surface area contributed by atoms with Gasteiger partial charge >= 0.3 is 0 Å². The number of hydrogen-bond donors (Lipinski definition) is 2. The smallest absolute Gasteiger partial charge is 0.257 e. The number of para-hydroxylation sites is 1. The molecule has 0 atom stereocenters. The van der Waals surface area contributed by atoms with Crippen molar-refractivity contribution in [1.82, 2.24) is 4.90 Å². The van der Waals surface area contributed by atoms with Crippen molar-refractivity contribution >= 4 is 23.2 Å². The first kappa shape index (κ1) is 14.6. The highest BCUT2D eigenvalue weighted by atomic mass is 16.2. The highest BCUT2D eigenvalue weighted by molar-refractivity contribution is 6.08. The third kappa shape index (κ3) is 3.39. The van der Waals surface area contributed by atoms with Gasteiger partial charge in [0.2, 0.25) is 0 Å². The summed E-state index contributed by atoms with van der Waals surface area (Å²) in [4.78, 5) is 25.5. The quantitative estimate of drug-likeness (QED) is 0.848. The molecule has 5 nitrogen and oxygen atoms in total. The van der Waals surface area contributed by atoms with Gasteiger partial charge in [-0.3, -0.25) is 9.59 Å². The van der Waals surface area contributed by atoms with Crippen LogP contribution in [0.25, 0.3) is 0 Å². The van der Waals surface area contributed by atoms with E-state index in [1.54, 1.807) is 62.6 Å². The Hall–Kier alpha value is -2.82. The minimum absolute atomic E-state index is 0.120. The zero-order valence-electron chi connectivity index (χ0n) is 12.0. The van der Waals surface area contributed by atoms with Crippen LogP contribution in [-0.4, -0.2) is 30.8 Å². The molecule has 2 aromatic rings. The lowest BCUT2D eigenvalue weighted by atomic mass is 10.1. The van der Waals surface area contributed by atoms with Crippen LogP contribution in [0.15, 0.2) is 48.5 Å². The summed E-state index contributed by atoms with van der Waals surface area (Å²) >= 11 is 0. The van der Waals surface area contributed by atoms with Crippen molar-refractivity contribution in [2.45, 2.75) is 0 Å². The Balaban J connectivity index is 2.21. The van der Waals surface area contributed by atoms with Crippen molar-refractivity contribution in [3.63, 3.8) is 0 Å². The van der Waals surface area contributed by atoms with Crippen LogP contribution in [-0.2, 0) is 0 Å². The van der Waals surface area contributed by atoms with E-state index in [-0.39, 0.29) is 11.8 Å². The van der Waals surface area contributed by atoms with Gasteiger partial charge in [0, 0.05) is 31.0 Å². The maximum atomic E-state index is 12.2. The first-order valence-corrected chi connectivity index (χ1v) is 6.46. The first-order chi connectivity index (χ1) is 9.99. The zero-order chi connectivity index (χ0) is 15.4. The van der Waals surface area contributed by atoms with E-state index in [4.69, 9.17) is 5.73 Å². The van der Waals surface area contributed by atoms with E-state index in [0.29, 0.717) is 22.5 Å². The largest absolute Gasteiger partial charge is 0.398 e. The molecule has 0 fully saturated rings. The molecule has 0 unspecified atom stereocenters. The van der Waals surface area contributed by atoms with Gasteiger partial charge in [-0.15, -0.1) is 0 Å². The van der Waals surface area contributed by atoms with Crippen LogP contribution >= 0.6 is 0 Å². The van der Waals surface area contributed by atoms with Crippen LogP contribution in [0.5, 0.6) is 0 Å². The Morgan fingerprint density at radius 2 is 1.76 bits per heavy atom. The van der Waals surface area contributed by atoms with E-state index in [0.717, 1.165) is 0 Å². The lowest BCUT2D eigenvalue weighted by molar-refractivity contribution is 0.0827.